The van der Waals surface area contributed by atoms with Crippen LogP contribution in [0.5, 0.6) is 0 Å². The second-order valence-corrected chi connectivity index (χ2v) is 8.53. The molecule has 0 bridgehead atoms. The van der Waals surface area contributed by atoms with E-state index in [1.165, 1.54) is 34.9 Å². The normalized spacial score (nSPS) is 27.9. The van der Waals surface area contributed by atoms with Gasteiger partial charge in [0.2, 0.25) is 5.91 Å². The smallest absolute Gasteiger partial charge is 0.230 e. The van der Waals surface area contributed by atoms with Crippen LogP contribution in [0.1, 0.15) is 42.4 Å². The van der Waals surface area contributed by atoms with E-state index in [9.17, 15) is 9.90 Å². The summed E-state index contributed by atoms with van der Waals surface area (Å²) in [6, 6.07) is 6.73. The lowest BCUT2D eigenvalue weighted by Crippen LogP contribution is -2.61. The third-order valence-electron chi connectivity index (χ3n) is 6.86. The Morgan fingerprint density at radius 3 is 2.85 bits per heavy atom. The highest BCUT2D eigenvalue weighted by atomic mass is 16.3. The molecule has 3 heterocycles. The maximum Gasteiger partial charge on any atom is 0.230 e. The number of nitrogens with zero attached hydrogens (tertiary/aromatic N) is 2. The van der Waals surface area contributed by atoms with E-state index in [2.05, 4.69) is 35.3 Å². The Morgan fingerprint density at radius 1 is 1.22 bits per heavy atom. The minimum atomic E-state index is -0.695. The van der Waals surface area contributed by atoms with Gasteiger partial charge in [0.05, 0.1) is 17.0 Å². The summed E-state index contributed by atoms with van der Waals surface area (Å²) in [5, 5.41) is 14.8. The molecule has 2 saturated heterocycles. The number of pyridine rings is 1. The summed E-state index contributed by atoms with van der Waals surface area (Å²) < 4.78 is 0. The lowest BCUT2D eigenvalue weighted by Gasteiger charge is -2.47. The summed E-state index contributed by atoms with van der Waals surface area (Å²) in [6.07, 6.45) is 5.27. The van der Waals surface area contributed by atoms with Crippen molar-refractivity contribution in [2.45, 2.75) is 51.6 Å². The van der Waals surface area contributed by atoms with Gasteiger partial charge >= 0.3 is 0 Å². The predicted molar refractivity (Wildman–Crippen MR) is 106 cm³/mol. The number of nitrogens with one attached hydrogen (secondary N) is 1. The predicted octanol–water partition coefficient (Wildman–Crippen LogP) is 2.50. The van der Waals surface area contributed by atoms with Crippen molar-refractivity contribution in [1.82, 2.24) is 10.3 Å². The highest BCUT2D eigenvalue weighted by Gasteiger charge is 2.50. The van der Waals surface area contributed by atoms with Crippen LogP contribution in [-0.4, -0.2) is 41.7 Å². The molecule has 0 radical (unpaired) electrons. The van der Waals surface area contributed by atoms with E-state index in [1.807, 2.05) is 0 Å². The molecule has 5 nitrogen and oxygen atoms in total. The van der Waals surface area contributed by atoms with Gasteiger partial charge in [0, 0.05) is 25.0 Å². The van der Waals surface area contributed by atoms with E-state index in [1.54, 1.807) is 0 Å². The number of aryl methyl sites for hydroxylation is 3. The van der Waals surface area contributed by atoms with Gasteiger partial charge in [-0.25, -0.2) is 4.98 Å². The number of benzene rings is 1. The summed E-state index contributed by atoms with van der Waals surface area (Å²) in [5.74, 6) is 0.934. The van der Waals surface area contributed by atoms with Gasteiger partial charge in [0.15, 0.2) is 0 Å². The molecular formula is C22H27N3O2. The number of carbonyl (C=O) groups is 1. The Morgan fingerprint density at radius 2 is 2.04 bits per heavy atom. The SMILES string of the molecule is Cc1cc(N2CC[C@@H](O)[C@@]3(CCCNC3=O)C2)nc2cc3c(cc12)CCC3. The van der Waals surface area contributed by atoms with Crippen LogP contribution in [0.3, 0.4) is 0 Å². The lowest BCUT2D eigenvalue weighted by atomic mass is 9.71. The third kappa shape index (κ3) is 2.63. The van der Waals surface area contributed by atoms with Crippen LogP contribution in [0.2, 0.25) is 0 Å². The maximum absolute atomic E-state index is 12.6. The zero-order chi connectivity index (χ0) is 18.6. The van der Waals surface area contributed by atoms with E-state index >= 15 is 0 Å². The highest BCUT2D eigenvalue weighted by molar-refractivity contribution is 5.87. The number of rotatable bonds is 1. The number of anilines is 1. The molecule has 0 saturated carbocycles. The number of aliphatic hydroxyl groups is 1. The Balaban J connectivity index is 1.53. The van der Waals surface area contributed by atoms with Gasteiger partial charge in [-0.3, -0.25) is 4.79 Å². The van der Waals surface area contributed by atoms with Crippen molar-refractivity contribution in [3.63, 3.8) is 0 Å². The number of hydrogen-bond donors (Lipinski definition) is 2. The van der Waals surface area contributed by atoms with Crippen molar-refractivity contribution in [3.05, 3.63) is 34.9 Å². The molecule has 1 aromatic carbocycles. The lowest BCUT2D eigenvalue weighted by molar-refractivity contribution is -0.142. The average molecular weight is 365 g/mol. The third-order valence-corrected chi connectivity index (χ3v) is 6.86. The fourth-order valence-electron chi connectivity index (χ4n) is 5.25. The summed E-state index contributed by atoms with van der Waals surface area (Å²) >= 11 is 0. The van der Waals surface area contributed by atoms with Crippen LogP contribution >= 0.6 is 0 Å². The minimum Gasteiger partial charge on any atom is -0.392 e. The highest BCUT2D eigenvalue weighted by Crippen LogP contribution is 2.39. The standard InChI is InChI=1S/C22H27N3O2/c1-14-10-20(24-18-12-16-5-2-4-15(16)11-17(14)18)25-9-6-19(26)22(13-25)7-3-8-23-21(22)27/h10-12,19,26H,2-9,13H2,1H3,(H,23,27)/t19-,22-/m1/s1. The van der Waals surface area contributed by atoms with Gasteiger partial charge in [-0.1, -0.05) is 0 Å². The first-order valence-electron chi connectivity index (χ1n) is 10.2. The quantitative estimate of drug-likeness (QED) is 0.815. The Kier molecular flexibility index (Phi) is 3.90. The van der Waals surface area contributed by atoms with Gasteiger partial charge in [-0.05, 0) is 80.3 Å². The Labute approximate surface area is 159 Å². The summed E-state index contributed by atoms with van der Waals surface area (Å²) in [7, 11) is 0. The largest absolute Gasteiger partial charge is 0.392 e. The molecule has 2 aromatic rings. The topological polar surface area (TPSA) is 65.5 Å². The molecule has 5 rings (SSSR count). The first-order valence-corrected chi connectivity index (χ1v) is 10.2. The summed E-state index contributed by atoms with van der Waals surface area (Å²) in [5.41, 5.74) is 4.50. The van der Waals surface area contributed by atoms with E-state index in [0.29, 0.717) is 19.5 Å². The molecule has 1 spiro atoms. The van der Waals surface area contributed by atoms with Gasteiger partial charge in [-0.15, -0.1) is 0 Å². The first kappa shape index (κ1) is 17.0. The van der Waals surface area contributed by atoms with Crippen molar-refractivity contribution in [3.8, 4) is 0 Å². The van der Waals surface area contributed by atoms with Crippen LogP contribution in [-0.2, 0) is 17.6 Å². The number of amides is 1. The molecular weight excluding hydrogens is 338 g/mol. The van der Waals surface area contributed by atoms with Crippen molar-refractivity contribution < 1.29 is 9.90 Å². The number of piperidine rings is 2. The summed E-state index contributed by atoms with van der Waals surface area (Å²) in [6.45, 7) is 4.14. The van der Waals surface area contributed by atoms with E-state index in [4.69, 9.17) is 4.98 Å². The second-order valence-electron chi connectivity index (χ2n) is 8.53. The zero-order valence-electron chi connectivity index (χ0n) is 15.9. The van der Waals surface area contributed by atoms with E-state index in [0.717, 1.165) is 37.1 Å². The van der Waals surface area contributed by atoms with Crippen molar-refractivity contribution in [2.75, 3.05) is 24.5 Å². The van der Waals surface area contributed by atoms with Crippen molar-refractivity contribution in [2.24, 2.45) is 5.41 Å². The zero-order valence-corrected chi connectivity index (χ0v) is 15.9. The van der Waals surface area contributed by atoms with Crippen LogP contribution < -0.4 is 10.2 Å². The molecule has 2 fully saturated rings. The first-order chi connectivity index (χ1) is 13.1. The molecule has 1 aromatic heterocycles. The molecule has 5 heteroatoms. The van der Waals surface area contributed by atoms with Crippen molar-refractivity contribution in [1.29, 1.82) is 0 Å². The molecule has 0 unspecified atom stereocenters. The fourth-order valence-corrected chi connectivity index (χ4v) is 5.25. The Bertz CT molecular complexity index is 925. The van der Waals surface area contributed by atoms with Gasteiger partial charge in [0.25, 0.3) is 0 Å². The molecule has 2 aliphatic heterocycles. The summed E-state index contributed by atoms with van der Waals surface area (Å²) in [4.78, 5) is 19.8. The molecule has 27 heavy (non-hydrogen) atoms. The van der Waals surface area contributed by atoms with Crippen LogP contribution in [0.25, 0.3) is 10.9 Å². The molecule has 1 amide bonds. The number of fused-ring (bicyclic) bond motifs is 2. The average Bonchev–Trinajstić information content (AvgIpc) is 3.12. The van der Waals surface area contributed by atoms with Gasteiger partial charge in [-0.2, -0.15) is 0 Å². The number of aliphatic hydroxyl groups excluding tert-OH is 1. The number of hydrogen-bond acceptors (Lipinski definition) is 4. The second kappa shape index (κ2) is 6.20. The monoisotopic (exact) mass is 365 g/mol. The Hall–Kier alpha value is -2.14. The molecule has 142 valence electrons. The molecule has 2 N–H and O–H groups in total. The van der Waals surface area contributed by atoms with Gasteiger partial charge in [0.1, 0.15) is 5.82 Å². The minimum absolute atomic E-state index is 0.00119. The number of aromatic nitrogens is 1. The van der Waals surface area contributed by atoms with Crippen LogP contribution in [0.15, 0.2) is 18.2 Å². The van der Waals surface area contributed by atoms with Gasteiger partial charge < -0.3 is 15.3 Å². The van der Waals surface area contributed by atoms with Crippen LogP contribution in [0.4, 0.5) is 5.82 Å². The maximum atomic E-state index is 12.6. The van der Waals surface area contributed by atoms with E-state index < -0.39 is 11.5 Å². The number of carbonyl (C=O) groups excluding carboxylic acids is 1. The fraction of sp³-hybridized carbons (Fsp3) is 0.545. The van der Waals surface area contributed by atoms with Crippen LogP contribution in [0, 0.1) is 12.3 Å². The van der Waals surface area contributed by atoms with E-state index in [-0.39, 0.29) is 5.91 Å². The molecule has 3 aliphatic rings. The molecule has 2 atom stereocenters. The van der Waals surface area contributed by atoms with Crippen molar-refractivity contribution >= 4 is 22.6 Å². The molecule has 1 aliphatic carbocycles.